The maximum Gasteiger partial charge on any atom is 0.415 e. The van der Waals surface area contributed by atoms with Crippen LogP contribution in [0.15, 0.2) is 48.5 Å². The van der Waals surface area contributed by atoms with Crippen LogP contribution in [0.5, 0.6) is 11.5 Å². The minimum Gasteiger partial charge on any atom is -0.458 e. The highest BCUT2D eigenvalue weighted by atomic mass is 32.2. The van der Waals surface area contributed by atoms with Crippen LogP contribution in [0.1, 0.15) is 133 Å². The van der Waals surface area contributed by atoms with Crippen LogP contribution in [-0.2, 0) is 93.8 Å². The molecule has 2 aromatic rings. The van der Waals surface area contributed by atoms with Crippen molar-refractivity contribution in [1.29, 1.82) is 0 Å². The lowest BCUT2D eigenvalue weighted by atomic mass is 9.96. The van der Waals surface area contributed by atoms with Gasteiger partial charge in [-0.15, -0.1) is 23.5 Å². The molecule has 4 aliphatic rings. The first-order valence-corrected chi connectivity index (χ1v) is 42.0. The summed E-state index contributed by atoms with van der Waals surface area (Å²) in [4.78, 5) is 134. The van der Waals surface area contributed by atoms with Gasteiger partial charge in [-0.3, -0.25) is 34.6 Å². The summed E-state index contributed by atoms with van der Waals surface area (Å²) in [7, 11) is 0. The number of nitrogens with one attached hydrogen (secondary N) is 8. The van der Waals surface area contributed by atoms with Gasteiger partial charge in [0.15, 0.2) is 0 Å². The van der Waals surface area contributed by atoms with Crippen LogP contribution >= 0.6 is 23.5 Å². The number of esters is 2. The molecule has 0 unspecified atom stereocenters. The maximum atomic E-state index is 13.3. The predicted octanol–water partition coefficient (Wildman–Crippen LogP) is 5.11. The molecule has 35 heteroatoms. The fraction of sp³-hybridized carbons (Fsp3) is 0.725. The Morgan fingerprint density at radius 3 is 1.19 bits per heavy atom. The number of piperazine rings is 1. The van der Waals surface area contributed by atoms with Gasteiger partial charge in [-0.2, -0.15) is 0 Å². The van der Waals surface area contributed by atoms with Gasteiger partial charge in [-0.25, -0.2) is 24.0 Å². The Hall–Kier alpha value is -7.16. The average Bonchev–Trinajstić information content (AvgIpc) is 1.75. The maximum absolute atomic E-state index is 13.3. The predicted molar refractivity (Wildman–Crippen MR) is 433 cm³/mol. The van der Waals surface area contributed by atoms with Crippen LogP contribution in [0.3, 0.4) is 0 Å². The molecule has 0 aromatic heterocycles. The highest BCUT2D eigenvalue weighted by Gasteiger charge is 2.44. The average molecular weight is 1660 g/mol. The first-order valence-electron chi connectivity index (χ1n) is 40.0. The van der Waals surface area contributed by atoms with E-state index in [0.29, 0.717) is 174 Å². The van der Waals surface area contributed by atoms with Crippen molar-refractivity contribution < 1.29 is 105 Å². The molecule has 4 saturated heterocycles. The molecule has 0 saturated carbocycles. The number of likely N-dealkylation sites (tertiary alicyclic amines) is 1. The van der Waals surface area contributed by atoms with Crippen molar-refractivity contribution in [3.8, 4) is 11.5 Å². The number of piperidine rings is 1. The molecule has 4 fully saturated rings. The van der Waals surface area contributed by atoms with Gasteiger partial charge in [0, 0.05) is 137 Å². The van der Waals surface area contributed by atoms with E-state index < -0.39 is 59.5 Å². The van der Waals surface area contributed by atoms with Crippen LogP contribution in [0.25, 0.3) is 0 Å². The Kier molecular flexibility index (Phi) is 42.0. The van der Waals surface area contributed by atoms with E-state index in [9.17, 15) is 47.9 Å². The van der Waals surface area contributed by atoms with Crippen LogP contribution in [0.4, 0.5) is 14.4 Å². The first kappa shape index (κ1) is 96.7. The van der Waals surface area contributed by atoms with Gasteiger partial charge in [0.25, 0.3) is 0 Å². The number of amides is 9. The SMILES string of the molecule is CC(C)(COCCOCCCNC(=O)CCOCCOCCNC(=O)C1CCN(C(=O)Oc2ccc(C[C@H](NC(=O)[C@H]3NCSC3(C)C)C(=O)OC(C)(C)C)cc2)CC1)COCCOCCCNC(=O)CCOCCOCCNC(=O)N1CCN(C(=O)Oc2ccc(C[C@H](NC(=O)[C@H]3NCSC3(C)C)C(=O)OC(C)(C)C)cc2)CC1. The molecule has 0 radical (unpaired) electrons. The largest absolute Gasteiger partial charge is 0.458 e. The van der Waals surface area contributed by atoms with Crippen LogP contribution in [-0.4, -0.2) is 302 Å². The Morgan fingerprint density at radius 2 is 0.800 bits per heavy atom. The third-order valence-electron chi connectivity index (χ3n) is 18.5. The van der Waals surface area contributed by atoms with Crippen LogP contribution < -0.4 is 52.0 Å². The minimum atomic E-state index is -0.933. The second kappa shape index (κ2) is 49.9. The van der Waals surface area contributed by atoms with Crippen molar-refractivity contribution in [2.45, 2.75) is 179 Å². The number of hydrogen-bond donors (Lipinski definition) is 8. The van der Waals surface area contributed by atoms with Crippen molar-refractivity contribution in [3.05, 3.63) is 59.7 Å². The summed E-state index contributed by atoms with van der Waals surface area (Å²) >= 11 is 3.27. The van der Waals surface area contributed by atoms with E-state index in [1.807, 2.05) is 27.7 Å². The van der Waals surface area contributed by atoms with E-state index in [-0.39, 0.29) is 128 Å². The van der Waals surface area contributed by atoms with Crippen molar-refractivity contribution in [1.82, 2.24) is 57.2 Å². The number of benzene rings is 2. The topological polar surface area (TPSA) is 387 Å². The Labute approximate surface area is 686 Å². The number of hydrogen-bond acceptors (Lipinski definition) is 26. The molecule has 0 spiro atoms. The number of ether oxygens (including phenoxy) is 12. The molecule has 4 aliphatic heterocycles. The number of thioether (sulfide) groups is 2. The number of carbonyl (C=O) groups is 10. The molecule has 0 aliphatic carbocycles. The lowest BCUT2D eigenvalue weighted by molar-refractivity contribution is -0.159. The molecule has 0 bridgehead atoms. The van der Waals surface area contributed by atoms with Crippen molar-refractivity contribution in [2.75, 3.05) is 183 Å². The number of carbonyl (C=O) groups excluding carboxylic acids is 10. The van der Waals surface area contributed by atoms with Gasteiger partial charge >= 0.3 is 30.2 Å². The Balaban J connectivity index is 0.646. The zero-order valence-electron chi connectivity index (χ0n) is 69.6. The third kappa shape index (κ3) is 38.4. The van der Waals surface area contributed by atoms with Gasteiger partial charge < -0.3 is 103 Å². The highest BCUT2D eigenvalue weighted by Crippen LogP contribution is 2.35. The van der Waals surface area contributed by atoms with Crippen molar-refractivity contribution in [2.24, 2.45) is 11.3 Å². The second-order valence-corrected chi connectivity index (χ2v) is 35.5. The first-order chi connectivity index (χ1) is 54.7. The Morgan fingerprint density at radius 1 is 0.435 bits per heavy atom. The van der Waals surface area contributed by atoms with Gasteiger partial charge in [0.1, 0.15) is 46.9 Å². The molecule has 648 valence electrons. The molecule has 4 atom stereocenters. The van der Waals surface area contributed by atoms with Gasteiger partial charge in [0.2, 0.25) is 29.5 Å². The highest BCUT2D eigenvalue weighted by molar-refractivity contribution is 8.01. The molecule has 9 amide bonds. The molecule has 115 heavy (non-hydrogen) atoms. The summed E-state index contributed by atoms with van der Waals surface area (Å²) in [6.07, 6.45) is 1.95. The summed E-state index contributed by atoms with van der Waals surface area (Å²) < 4.78 is 67.2. The standard InChI is InChI=1S/C80H129N11O22S2/c1-76(2,3)112-71(97)62(87-69(95)66-79(9,10)114-55-85-66)51-57-15-19-60(20-16-57)110-74(100)90-31-23-59(24-32-90)68(94)83-29-41-106-45-43-104-39-25-64(92)81-27-13-37-102-47-49-108-53-78(7,8)54-109-50-48-103-38-14-28-82-65(93)26-40-105-44-46-107-42-30-84-73(99)89-33-35-91(36-34-89)75(101)111-61-21-17-58(18-22-61)52-63(72(98)113-77(4,5)6)88-70(96)67-80(11,12)115-56-86-67/h15-22,59,62-63,66-67,85-86H,13-14,23-56H2,1-12H3,(H,81,92)(H,82,93)(H,83,94)(H,84,99)(H,87,95)(H,88,96)/t62-,63-,66+,67+/m0/s1. The van der Waals surface area contributed by atoms with E-state index in [4.69, 9.17) is 56.8 Å². The van der Waals surface area contributed by atoms with E-state index in [1.54, 1.807) is 123 Å². The molecular weight excluding hydrogens is 1530 g/mol. The smallest absolute Gasteiger partial charge is 0.415 e. The van der Waals surface area contributed by atoms with E-state index in [0.717, 1.165) is 11.1 Å². The third-order valence-corrected chi connectivity index (χ3v) is 21.1. The zero-order valence-corrected chi connectivity index (χ0v) is 71.2. The molecule has 2 aromatic carbocycles. The van der Waals surface area contributed by atoms with E-state index in [2.05, 4.69) is 56.4 Å². The van der Waals surface area contributed by atoms with E-state index in [1.165, 1.54) is 4.90 Å². The summed E-state index contributed by atoms with van der Waals surface area (Å²) in [5.74, 6) is -0.367. The normalized spacial score (nSPS) is 17.5. The van der Waals surface area contributed by atoms with Gasteiger partial charge in [-0.05, 0) is 130 Å². The molecule has 4 heterocycles. The monoisotopic (exact) mass is 1660 g/mol. The van der Waals surface area contributed by atoms with Crippen LogP contribution in [0.2, 0.25) is 0 Å². The van der Waals surface area contributed by atoms with Crippen LogP contribution in [0, 0.1) is 11.3 Å². The lowest BCUT2D eigenvalue weighted by Gasteiger charge is -2.34. The quantitative estimate of drug-likeness (QED) is 0.0315. The van der Waals surface area contributed by atoms with Crippen molar-refractivity contribution >= 4 is 83.2 Å². The molecule has 33 nitrogen and oxygen atoms in total. The second-order valence-electron chi connectivity index (χ2n) is 32.3. The fourth-order valence-corrected chi connectivity index (χ4v) is 14.2. The molecular formula is C80H129N11O22S2. The summed E-state index contributed by atoms with van der Waals surface area (Å²) in [6, 6.07) is 10.4. The summed E-state index contributed by atoms with van der Waals surface area (Å²) in [5.41, 5.74) is -0.251. The molecule has 8 N–H and O–H groups in total. The van der Waals surface area contributed by atoms with E-state index >= 15 is 0 Å². The fourth-order valence-electron chi connectivity index (χ4n) is 12.2. The van der Waals surface area contributed by atoms with Gasteiger partial charge in [0.05, 0.1) is 92.5 Å². The summed E-state index contributed by atoms with van der Waals surface area (Å²) in [5, 5.41) is 23.7. The lowest BCUT2D eigenvalue weighted by Crippen LogP contribution is -2.55. The Bertz CT molecular complexity index is 3120. The minimum absolute atomic E-state index is 0.104. The zero-order chi connectivity index (χ0) is 83.9. The van der Waals surface area contributed by atoms with Crippen molar-refractivity contribution in [3.63, 3.8) is 0 Å². The number of nitrogens with zero attached hydrogens (tertiary/aromatic N) is 3. The van der Waals surface area contributed by atoms with Gasteiger partial charge in [-0.1, -0.05) is 38.1 Å². The number of urea groups is 1. The molecule has 6 rings (SSSR count). The number of rotatable bonds is 49. The summed E-state index contributed by atoms with van der Waals surface area (Å²) in [6.45, 7) is 31.9.